The first-order valence-electron chi connectivity index (χ1n) is 7.18. The van der Waals surface area contributed by atoms with E-state index >= 15 is 0 Å². The van der Waals surface area contributed by atoms with E-state index in [1.165, 1.54) is 18.2 Å². The SMILES string of the molecule is Cc1ccc(S(=O)(=O)Sc2c(N(C)C)oc3ccc(F)cc23)cc1. The van der Waals surface area contributed by atoms with Crippen LogP contribution < -0.4 is 4.90 Å². The number of hydrogen-bond donors (Lipinski definition) is 0. The van der Waals surface area contributed by atoms with E-state index in [2.05, 4.69) is 0 Å². The zero-order valence-electron chi connectivity index (χ0n) is 13.4. The van der Waals surface area contributed by atoms with Gasteiger partial charge < -0.3 is 9.32 Å². The Bertz CT molecular complexity index is 993. The Kier molecular flexibility index (Phi) is 4.31. The van der Waals surface area contributed by atoms with E-state index in [1.807, 2.05) is 6.92 Å². The lowest BCUT2D eigenvalue weighted by Crippen LogP contribution is -2.08. The summed E-state index contributed by atoms with van der Waals surface area (Å²) in [6, 6.07) is 10.7. The van der Waals surface area contributed by atoms with Crippen molar-refractivity contribution in [3.8, 4) is 0 Å². The van der Waals surface area contributed by atoms with E-state index in [0.717, 1.165) is 5.56 Å². The lowest BCUT2D eigenvalue weighted by atomic mass is 10.2. The largest absolute Gasteiger partial charge is 0.439 e. The van der Waals surface area contributed by atoms with Gasteiger partial charge in [-0.3, -0.25) is 0 Å². The summed E-state index contributed by atoms with van der Waals surface area (Å²) in [6.07, 6.45) is 0. The molecule has 1 aromatic heterocycles. The molecular weight excluding hydrogens is 349 g/mol. The van der Waals surface area contributed by atoms with Crippen LogP contribution >= 0.6 is 10.8 Å². The summed E-state index contributed by atoms with van der Waals surface area (Å²) < 4.78 is 44.8. The van der Waals surface area contributed by atoms with Gasteiger partial charge in [-0.2, -0.15) is 0 Å². The molecule has 0 N–H and O–H groups in total. The summed E-state index contributed by atoms with van der Waals surface area (Å²) in [5.74, 6) is -0.0560. The van der Waals surface area contributed by atoms with Crippen LogP contribution in [0.1, 0.15) is 5.56 Å². The van der Waals surface area contributed by atoms with Crippen molar-refractivity contribution in [2.75, 3.05) is 19.0 Å². The summed E-state index contributed by atoms with van der Waals surface area (Å²) in [6.45, 7) is 1.89. The minimum absolute atomic E-state index is 0.202. The molecule has 24 heavy (non-hydrogen) atoms. The minimum Gasteiger partial charge on any atom is -0.439 e. The van der Waals surface area contributed by atoms with Crippen LogP contribution in [0.2, 0.25) is 0 Å². The average Bonchev–Trinajstić information content (AvgIpc) is 2.85. The quantitative estimate of drug-likeness (QED) is 0.640. The molecule has 0 bridgehead atoms. The van der Waals surface area contributed by atoms with E-state index in [9.17, 15) is 12.8 Å². The standard InChI is InChI=1S/C17H16FNO3S2/c1-11-4-7-13(8-5-11)24(20,21)23-16-14-10-12(18)6-9-15(14)22-17(16)19(2)3/h4-10H,1-3H3. The van der Waals surface area contributed by atoms with Gasteiger partial charge in [0.25, 0.3) is 0 Å². The number of anilines is 1. The maximum Gasteiger partial charge on any atom is 0.234 e. The van der Waals surface area contributed by atoms with Crippen molar-refractivity contribution in [3.05, 3.63) is 53.8 Å². The van der Waals surface area contributed by atoms with Gasteiger partial charge in [0, 0.05) is 30.3 Å². The molecular formula is C17H16FNO3S2. The van der Waals surface area contributed by atoms with Crippen LogP contribution in [-0.2, 0) is 8.87 Å². The molecule has 0 amide bonds. The van der Waals surface area contributed by atoms with E-state index in [0.29, 0.717) is 32.5 Å². The summed E-state index contributed by atoms with van der Waals surface area (Å²) >= 11 is 0. The van der Waals surface area contributed by atoms with Gasteiger partial charge in [-0.05, 0) is 37.3 Å². The normalized spacial score (nSPS) is 11.8. The smallest absolute Gasteiger partial charge is 0.234 e. The Balaban J connectivity index is 2.13. The second-order valence-electron chi connectivity index (χ2n) is 5.62. The molecule has 0 aliphatic rings. The number of hydrogen-bond acceptors (Lipinski definition) is 5. The van der Waals surface area contributed by atoms with Gasteiger partial charge in [-0.25, -0.2) is 12.8 Å². The van der Waals surface area contributed by atoms with Crippen molar-refractivity contribution in [2.45, 2.75) is 16.7 Å². The highest BCUT2D eigenvalue weighted by Gasteiger charge is 2.25. The topological polar surface area (TPSA) is 50.5 Å². The molecule has 3 aromatic rings. The molecule has 4 nitrogen and oxygen atoms in total. The fourth-order valence-electron chi connectivity index (χ4n) is 2.27. The van der Waals surface area contributed by atoms with Crippen LogP contribution in [0, 0.1) is 12.7 Å². The van der Waals surface area contributed by atoms with Crippen LogP contribution in [0.25, 0.3) is 11.0 Å². The monoisotopic (exact) mass is 365 g/mol. The molecule has 7 heteroatoms. The molecule has 0 fully saturated rings. The molecule has 3 rings (SSSR count). The molecule has 126 valence electrons. The van der Waals surface area contributed by atoms with Crippen LogP contribution in [0.5, 0.6) is 0 Å². The molecule has 0 saturated heterocycles. The lowest BCUT2D eigenvalue weighted by molar-refractivity contribution is 0.599. The molecule has 0 saturated carbocycles. The van der Waals surface area contributed by atoms with Gasteiger partial charge in [-0.15, -0.1) is 0 Å². The van der Waals surface area contributed by atoms with E-state index in [4.69, 9.17) is 4.42 Å². The second kappa shape index (κ2) is 6.14. The molecule has 0 aliphatic heterocycles. The number of halogens is 1. The molecule has 0 aliphatic carbocycles. The van der Waals surface area contributed by atoms with E-state index < -0.39 is 14.7 Å². The van der Waals surface area contributed by atoms with Gasteiger partial charge in [0.05, 0.1) is 9.79 Å². The van der Waals surface area contributed by atoms with Crippen LogP contribution in [0.3, 0.4) is 0 Å². The first kappa shape index (κ1) is 16.9. The average molecular weight is 365 g/mol. The predicted molar refractivity (Wildman–Crippen MR) is 94.7 cm³/mol. The first-order chi connectivity index (χ1) is 11.3. The van der Waals surface area contributed by atoms with E-state index in [-0.39, 0.29) is 4.90 Å². The fraction of sp³-hybridized carbons (Fsp3) is 0.176. The van der Waals surface area contributed by atoms with Crippen LogP contribution in [0.4, 0.5) is 10.3 Å². The zero-order chi connectivity index (χ0) is 17.5. The summed E-state index contributed by atoms with van der Waals surface area (Å²) in [4.78, 5) is 2.26. The second-order valence-corrected chi connectivity index (χ2v) is 9.39. The maximum atomic E-state index is 13.6. The Morgan fingerprint density at radius 1 is 1.08 bits per heavy atom. The van der Waals surface area contributed by atoms with Crippen molar-refractivity contribution in [2.24, 2.45) is 0 Å². The maximum absolute atomic E-state index is 13.6. The third kappa shape index (κ3) is 3.14. The van der Waals surface area contributed by atoms with Crippen LogP contribution in [-0.4, -0.2) is 22.5 Å². The van der Waals surface area contributed by atoms with Crippen molar-refractivity contribution in [3.63, 3.8) is 0 Å². The fourth-order valence-corrected chi connectivity index (χ4v) is 5.37. The van der Waals surface area contributed by atoms with Crippen molar-refractivity contribution in [1.82, 2.24) is 0 Å². The number of nitrogens with zero attached hydrogens (tertiary/aromatic N) is 1. The van der Waals surface area contributed by atoms with E-state index in [1.54, 1.807) is 43.3 Å². The summed E-state index contributed by atoms with van der Waals surface area (Å²) in [5.41, 5.74) is 1.42. The summed E-state index contributed by atoms with van der Waals surface area (Å²) in [5, 5.41) is 0.444. The lowest BCUT2D eigenvalue weighted by Gasteiger charge is -2.11. The molecule has 0 spiro atoms. The number of benzene rings is 2. The van der Waals surface area contributed by atoms with Gasteiger partial charge in [0.1, 0.15) is 11.4 Å². The number of fused-ring (bicyclic) bond motifs is 1. The molecule has 1 heterocycles. The highest BCUT2D eigenvalue weighted by molar-refractivity contribution is 8.72. The number of rotatable bonds is 4. The predicted octanol–water partition coefficient (Wildman–Crippen LogP) is 4.43. The summed E-state index contributed by atoms with van der Waals surface area (Å²) in [7, 11) is 0.515. The Hall–Kier alpha value is -1.99. The Morgan fingerprint density at radius 3 is 2.38 bits per heavy atom. The first-order valence-corrected chi connectivity index (χ1v) is 10.00. The minimum atomic E-state index is -3.65. The highest BCUT2D eigenvalue weighted by Crippen LogP contribution is 2.43. The van der Waals surface area contributed by atoms with Gasteiger partial charge in [-0.1, -0.05) is 17.7 Å². The number of aryl methyl sites for hydroxylation is 1. The highest BCUT2D eigenvalue weighted by atomic mass is 33.1. The zero-order valence-corrected chi connectivity index (χ0v) is 15.0. The van der Waals surface area contributed by atoms with Crippen LogP contribution in [0.15, 0.2) is 56.7 Å². The third-order valence-corrected chi connectivity index (χ3v) is 6.86. The Morgan fingerprint density at radius 2 is 1.75 bits per heavy atom. The van der Waals surface area contributed by atoms with Crippen molar-refractivity contribution in [1.29, 1.82) is 0 Å². The molecule has 2 aromatic carbocycles. The molecule has 0 atom stereocenters. The van der Waals surface area contributed by atoms with Gasteiger partial charge >= 0.3 is 0 Å². The van der Waals surface area contributed by atoms with Crippen molar-refractivity contribution < 1.29 is 17.2 Å². The van der Waals surface area contributed by atoms with Gasteiger partial charge in [0.2, 0.25) is 14.8 Å². The molecule has 0 unspecified atom stereocenters. The van der Waals surface area contributed by atoms with Crippen molar-refractivity contribution >= 4 is 36.5 Å². The van der Waals surface area contributed by atoms with Gasteiger partial charge in [0.15, 0.2) is 0 Å². The number of furan rings is 1. The third-order valence-electron chi connectivity index (χ3n) is 3.50. The molecule has 0 radical (unpaired) electrons. The Labute approximate surface area is 143 Å².